The Morgan fingerprint density at radius 2 is 1.94 bits per heavy atom. The summed E-state index contributed by atoms with van der Waals surface area (Å²) in [6.07, 6.45) is 0.229. The van der Waals surface area contributed by atoms with Crippen molar-refractivity contribution in [3.05, 3.63) is 71.7 Å². The third-order valence-electron chi connectivity index (χ3n) is 5.08. The zero-order valence-corrected chi connectivity index (χ0v) is 18.3. The second-order valence-corrected chi connectivity index (χ2v) is 7.47. The molecule has 1 unspecified atom stereocenters. The van der Waals surface area contributed by atoms with Gasteiger partial charge >= 0.3 is 0 Å². The van der Waals surface area contributed by atoms with Gasteiger partial charge in [-0.25, -0.2) is 9.07 Å². The first-order valence-electron chi connectivity index (χ1n) is 10.5. The summed E-state index contributed by atoms with van der Waals surface area (Å²) in [5, 5.41) is 14.9. The molecule has 0 aliphatic heterocycles. The molecule has 0 amide bonds. The molecule has 1 aromatic heterocycles. The fourth-order valence-corrected chi connectivity index (χ4v) is 3.32. The normalized spacial score (nSPS) is 12.3. The Morgan fingerprint density at radius 1 is 1.16 bits per heavy atom. The fraction of sp³-hybridized carbons (Fsp3) is 0.375. The number of aliphatic hydroxyl groups is 1. The molecule has 3 aromatic rings. The lowest BCUT2D eigenvalue weighted by Crippen LogP contribution is -2.34. The van der Waals surface area contributed by atoms with Crippen molar-refractivity contribution in [1.82, 2.24) is 14.7 Å². The van der Waals surface area contributed by atoms with E-state index in [-0.39, 0.29) is 5.82 Å². The van der Waals surface area contributed by atoms with E-state index in [9.17, 15) is 9.50 Å². The molecule has 0 radical (unpaired) electrons. The Labute approximate surface area is 182 Å². The van der Waals surface area contributed by atoms with Gasteiger partial charge in [0.1, 0.15) is 11.6 Å². The molecule has 3 rings (SSSR count). The third-order valence-corrected chi connectivity index (χ3v) is 5.08. The van der Waals surface area contributed by atoms with Crippen molar-refractivity contribution in [1.29, 1.82) is 0 Å². The van der Waals surface area contributed by atoms with Gasteiger partial charge in [-0.05, 0) is 37.6 Å². The van der Waals surface area contributed by atoms with Crippen LogP contribution in [0.3, 0.4) is 0 Å². The quantitative estimate of drug-likeness (QED) is 0.494. The Bertz CT molecular complexity index is 962. The maximum atomic E-state index is 13.8. The zero-order valence-electron chi connectivity index (χ0n) is 18.3. The molecule has 0 fully saturated rings. The molecule has 1 N–H and O–H groups in total. The van der Waals surface area contributed by atoms with Crippen LogP contribution in [0, 0.1) is 12.7 Å². The molecular weight excluding hydrogens is 397 g/mol. The molecule has 1 atom stereocenters. The number of halogens is 1. The van der Waals surface area contributed by atoms with Gasteiger partial charge in [0, 0.05) is 32.8 Å². The minimum atomic E-state index is -0.436. The van der Waals surface area contributed by atoms with Crippen molar-refractivity contribution in [2.75, 3.05) is 26.8 Å². The van der Waals surface area contributed by atoms with Crippen molar-refractivity contribution >= 4 is 0 Å². The van der Waals surface area contributed by atoms with Crippen LogP contribution in [-0.2, 0) is 11.3 Å². The van der Waals surface area contributed by atoms with Crippen molar-refractivity contribution in [2.45, 2.75) is 32.9 Å². The molecule has 0 saturated carbocycles. The van der Waals surface area contributed by atoms with Crippen molar-refractivity contribution in [3.8, 4) is 17.3 Å². The first-order valence-corrected chi connectivity index (χ1v) is 10.5. The number of benzene rings is 2. The summed E-state index contributed by atoms with van der Waals surface area (Å²) in [6, 6.07) is 15.7. The predicted molar refractivity (Wildman–Crippen MR) is 118 cm³/mol. The zero-order chi connectivity index (χ0) is 22.2. The molecule has 0 saturated heterocycles. The summed E-state index contributed by atoms with van der Waals surface area (Å²) in [5.41, 5.74) is 2.54. The van der Waals surface area contributed by atoms with E-state index in [2.05, 4.69) is 4.90 Å². The second kappa shape index (κ2) is 11.0. The average molecular weight is 428 g/mol. The molecule has 6 nitrogen and oxygen atoms in total. The van der Waals surface area contributed by atoms with E-state index >= 15 is 0 Å². The van der Waals surface area contributed by atoms with E-state index in [4.69, 9.17) is 14.6 Å². The van der Waals surface area contributed by atoms with Crippen LogP contribution in [0.4, 0.5) is 4.39 Å². The smallest absolute Gasteiger partial charge is 0.227 e. The van der Waals surface area contributed by atoms with Crippen LogP contribution in [0.1, 0.15) is 24.6 Å². The van der Waals surface area contributed by atoms with E-state index < -0.39 is 6.10 Å². The number of ether oxygens (including phenoxy) is 2. The molecule has 31 heavy (non-hydrogen) atoms. The van der Waals surface area contributed by atoms with Gasteiger partial charge in [-0.2, -0.15) is 5.10 Å². The predicted octanol–water partition coefficient (Wildman–Crippen LogP) is 4.33. The highest BCUT2D eigenvalue weighted by Gasteiger charge is 2.22. The van der Waals surface area contributed by atoms with Crippen molar-refractivity contribution in [2.24, 2.45) is 0 Å². The highest BCUT2D eigenvalue weighted by molar-refractivity contribution is 5.43. The van der Waals surface area contributed by atoms with Crippen molar-refractivity contribution < 1.29 is 19.0 Å². The number of methoxy groups -OCH3 is 1. The standard InChI is InChI=1S/C24H30FN3O3/c1-4-21(29)16-27(13-14-30-3)17-23-18(2)26-28(20-10-6-5-7-11-20)24(23)31-22-12-8-9-19(25)15-22/h5-12,15,21,29H,4,13-14,16-17H2,1-3H3. The maximum absolute atomic E-state index is 13.8. The number of aryl methyl sites for hydroxylation is 1. The van der Waals surface area contributed by atoms with Crippen LogP contribution in [0.5, 0.6) is 11.6 Å². The number of aromatic nitrogens is 2. The van der Waals surface area contributed by atoms with Crippen LogP contribution >= 0.6 is 0 Å². The maximum Gasteiger partial charge on any atom is 0.227 e. The molecular formula is C24H30FN3O3. The van der Waals surface area contributed by atoms with E-state index in [1.54, 1.807) is 23.9 Å². The summed E-state index contributed by atoms with van der Waals surface area (Å²) in [7, 11) is 1.66. The lowest BCUT2D eigenvalue weighted by molar-refractivity contribution is 0.0825. The van der Waals surface area contributed by atoms with Gasteiger partial charge in [0.05, 0.1) is 29.7 Å². The Hall–Kier alpha value is -2.74. The second-order valence-electron chi connectivity index (χ2n) is 7.47. The Morgan fingerprint density at radius 3 is 2.61 bits per heavy atom. The van der Waals surface area contributed by atoms with E-state index in [0.717, 1.165) is 16.9 Å². The molecule has 0 aliphatic rings. The molecule has 1 heterocycles. The summed E-state index contributed by atoms with van der Waals surface area (Å²) in [6.45, 7) is 6.11. The minimum absolute atomic E-state index is 0.366. The number of nitrogens with zero attached hydrogens (tertiary/aromatic N) is 3. The van der Waals surface area contributed by atoms with E-state index in [1.165, 1.54) is 12.1 Å². The lowest BCUT2D eigenvalue weighted by atomic mass is 10.2. The molecule has 7 heteroatoms. The fourth-order valence-electron chi connectivity index (χ4n) is 3.32. The van der Waals surface area contributed by atoms with Crippen LogP contribution < -0.4 is 4.74 Å². The number of hydrogen-bond acceptors (Lipinski definition) is 5. The monoisotopic (exact) mass is 427 g/mol. The van der Waals surface area contributed by atoms with Crippen molar-refractivity contribution in [3.63, 3.8) is 0 Å². The van der Waals surface area contributed by atoms with Gasteiger partial charge in [-0.1, -0.05) is 31.2 Å². The average Bonchev–Trinajstić information content (AvgIpc) is 3.07. The summed E-state index contributed by atoms with van der Waals surface area (Å²) in [5.74, 6) is 0.562. The summed E-state index contributed by atoms with van der Waals surface area (Å²) < 4.78 is 26.9. The van der Waals surface area contributed by atoms with Crippen LogP contribution in [0.15, 0.2) is 54.6 Å². The van der Waals surface area contributed by atoms with Crippen LogP contribution in [0.25, 0.3) is 5.69 Å². The first-order chi connectivity index (χ1) is 15.0. The molecule has 0 bridgehead atoms. The SMILES string of the molecule is CCC(O)CN(CCOC)Cc1c(C)nn(-c2ccccc2)c1Oc1cccc(F)c1. The number of aliphatic hydroxyl groups excluding tert-OH is 1. The van der Waals surface area contributed by atoms with E-state index in [0.29, 0.717) is 44.3 Å². The lowest BCUT2D eigenvalue weighted by Gasteiger charge is -2.24. The van der Waals surface area contributed by atoms with Gasteiger partial charge < -0.3 is 14.6 Å². The van der Waals surface area contributed by atoms with E-state index in [1.807, 2.05) is 44.2 Å². The molecule has 0 aliphatic carbocycles. The highest BCUT2D eigenvalue weighted by Crippen LogP contribution is 2.32. The number of rotatable bonds is 11. The van der Waals surface area contributed by atoms with Gasteiger partial charge in [-0.3, -0.25) is 4.90 Å². The van der Waals surface area contributed by atoms with Gasteiger partial charge in [-0.15, -0.1) is 0 Å². The Kier molecular flexibility index (Phi) is 8.17. The number of hydrogen-bond donors (Lipinski definition) is 1. The van der Waals surface area contributed by atoms with Crippen LogP contribution in [-0.4, -0.2) is 52.7 Å². The molecule has 0 spiro atoms. The third kappa shape index (κ3) is 6.13. The van der Waals surface area contributed by atoms with Gasteiger partial charge in [0.15, 0.2) is 0 Å². The summed E-state index contributed by atoms with van der Waals surface area (Å²) >= 11 is 0. The summed E-state index contributed by atoms with van der Waals surface area (Å²) in [4.78, 5) is 2.12. The first kappa shape index (κ1) is 22.9. The topological polar surface area (TPSA) is 59.8 Å². The van der Waals surface area contributed by atoms with Gasteiger partial charge in [0.2, 0.25) is 5.88 Å². The largest absolute Gasteiger partial charge is 0.438 e. The molecule has 2 aromatic carbocycles. The van der Waals surface area contributed by atoms with Gasteiger partial charge in [0.25, 0.3) is 0 Å². The molecule has 166 valence electrons. The minimum Gasteiger partial charge on any atom is -0.438 e. The Balaban J connectivity index is 2.00. The van der Waals surface area contributed by atoms with Crippen LogP contribution in [0.2, 0.25) is 0 Å². The number of para-hydroxylation sites is 1. The highest BCUT2D eigenvalue weighted by atomic mass is 19.1.